The molecule has 0 unspecified atom stereocenters. The largest absolute Gasteiger partial charge is 0.338 e. The number of nitrogens with one attached hydrogen (secondary N) is 1. The highest BCUT2D eigenvalue weighted by molar-refractivity contribution is 5.30. The van der Waals surface area contributed by atoms with Gasteiger partial charge in [0, 0.05) is 51.5 Å². The average molecular weight is 448 g/mol. The van der Waals surface area contributed by atoms with E-state index >= 15 is 0 Å². The molecule has 7 nitrogen and oxygen atoms in total. The Kier molecular flexibility index (Phi) is 6.78. The summed E-state index contributed by atoms with van der Waals surface area (Å²) in [6.45, 7) is 8.70. The maximum absolute atomic E-state index is 4.66. The van der Waals surface area contributed by atoms with Crippen molar-refractivity contribution in [3.8, 4) is 0 Å². The van der Waals surface area contributed by atoms with Gasteiger partial charge in [0.05, 0.1) is 6.54 Å². The first kappa shape index (κ1) is 22.2. The zero-order valence-corrected chi connectivity index (χ0v) is 19.9. The van der Waals surface area contributed by atoms with Crippen LogP contribution in [0.5, 0.6) is 0 Å². The second-order valence-corrected chi connectivity index (χ2v) is 9.86. The van der Waals surface area contributed by atoms with Crippen LogP contribution in [0.2, 0.25) is 0 Å². The first-order chi connectivity index (χ1) is 16.2. The van der Waals surface area contributed by atoms with Crippen molar-refractivity contribution in [2.75, 3.05) is 44.7 Å². The highest BCUT2D eigenvalue weighted by Crippen LogP contribution is 2.38. The Morgan fingerprint density at radius 2 is 1.76 bits per heavy atom. The van der Waals surface area contributed by atoms with Gasteiger partial charge in [0.25, 0.3) is 0 Å². The van der Waals surface area contributed by atoms with Crippen LogP contribution in [0.4, 0.5) is 5.95 Å². The lowest BCUT2D eigenvalue weighted by Crippen LogP contribution is -2.38. The number of aryl methyl sites for hydroxylation is 1. The number of nitrogens with zero attached hydrogens (tertiary/aromatic N) is 6. The van der Waals surface area contributed by atoms with Gasteiger partial charge in [0.15, 0.2) is 0 Å². The Labute approximate surface area is 197 Å². The van der Waals surface area contributed by atoms with E-state index in [1.165, 1.54) is 57.5 Å². The highest BCUT2D eigenvalue weighted by Gasteiger charge is 2.38. The molecule has 0 bridgehead atoms. The summed E-state index contributed by atoms with van der Waals surface area (Å²) in [5.41, 5.74) is 1.88. The highest BCUT2D eigenvalue weighted by atomic mass is 15.3. The smallest absolute Gasteiger partial charge is 0.205 e. The first-order valence-electron chi connectivity index (χ1n) is 12.4. The molecule has 0 aliphatic carbocycles. The van der Waals surface area contributed by atoms with E-state index in [1.54, 1.807) is 0 Å². The zero-order chi connectivity index (χ0) is 22.5. The second kappa shape index (κ2) is 10.1. The van der Waals surface area contributed by atoms with Gasteiger partial charge in [0.1, 0.15) is 5.82 Å². The number of likely N-dealkylation sites (tertiary alicyclic amines) is 1. The van der Waals surface area contributed by atoms with Crippen LogP contribution in [-0.2, 0) is 19.6 Å². The third kappa shape index (κ3) is 5.31. The molecule has 5 rings (SSSR count). The topological polar surface area (TPSA) is 54.2 Å². The van der Waals surface area contributed by atoms with Crippen LogP contribution in [0, 0.1) is 5.41 Å². The van der Waals surface area contributed by atoms with E-state index < -0.39 is 0 Å². The molecule has 1 N–H and O–H groups in total. The predicted octanol–water partition coefficient (Wildman–Crippen LogP) is 3.23. The van der Waals surface area contributed by atoms with Crippen LogP contribution in [0.25, 0.3) is 0 Å². The van der Waals surface area contributed by atoms with Crippen molar-refractivity contribution in [1.29, 1.82) is 0 Å². The minimum atomic E-state index is 0.591. The Hall–Kier alpha value is -2.64. The SMILES string of the molecule is CN(Cc1nccn1Cc1ccccc1)c1nccn1CCCN1CCC2(CCNCC2)C1. The fourth-order valence-electron chi connectivity index (χ4n) is 5.56. The van der Waals surface area contributed by atoms with Crippen molar-refractivity contribution in [3.63, 3.8) is 0 Å². The Morgan fingerprint density at radius 1 is 0.970 bits per heavy atom. The molecule has 0 radical (unpaired) electrons. The van der Waals surface area contributed by atoms with Gasteiger partial charge in [-0.2, -0.15) is 0 Å². The minimum Gasteiger partial charge on any atom is -0.338 e. The van der Waals surface area contributed by atoms with Gasteiger partial charge >= 0.3 is 0 Å². The maximum Gasteiger partial charge on any atom is 0.205 e. The van der Waals surface area contributed by atoms with Crippen molar-refractivity contribution in [1.82, 2.24) is 29.3 Å². The van der Waals surface area contributed by atoms with Crippen LogP contribution in [0.1, 0.15) is 37.1 Å². The predicted molar refractivity (Wildman–Crippen MR) is 132 cm³/mol. The summed E-state index contributed by atoms with van der Waals surface area (Å²) < 4.78 is 4.52. The third-order valence-corrected chi connectivity index (χ3v) is 7.47. The average Bonchev–Trinajstić information content (AvgIpc) is 3.57. The van der Waals surface area contributed by atoms with Crippen LogP contribution in [-0.4, -0.2) is 63.8 Å². The number of benzene rings is 1. The standard InChI is InChI=1S/C26H37N7/c1-30(21-24-28-13-19-33(24)20-23-6-3-2-4-7-23)25-29-14-18-32(25)16-5-15-31-17-10-26(22-31)8-11-27-12-9-26/h2-4,6-7,13-14,18-19,27H,5,8-12,15-17,20-22H2,1H3. The van der Waals surface area contributed by atoms with Gasteiger partial charge in [-0.15, -0.1) is 0 Å². The fraction of sp³-hybridized carbons (Fsp3) is 0.538. The van der Waals surface area contributed by atoms with Crippen molar-refractivity contribution in [3.05, 3.63) is 66.5 Å². The molecular formula is C26H37N7. The van der Waals surface area contributed by atoms with E-state index in [9.17, 15) is 0 Å². The maximum atomic E-state index is 4.66. The van der Waals surface area contributed by atoms with Crippen molar-refractivity contribution >= 4 is 5.95 Å². The van der Waals surface area contributed by atoms with Gasteiger partial charge in [-0.3, -0.25) is 0 Å². The molecule has 0 saturated carbocycles. The van der Waals surface area contributed by atoms with Crippen LogP contribution in [0.15, 0.2) is 55.1 Å². The molecule has 3 aromatic rings. The van der Waals surface area contributed by atoms with E-state index in [1.807, 2.05) is 12.4 Å². The second-order valence-electron chi connectivity index (χ2n) is 9.86. The summed E-state index contributed by atoms with van der Waals surface area (Å²) in [5.74, 6) is 2.07. The monoisotopic (exact) mass is 447 g/mol. The number of hydrogen-bond acceptors (Lipinski definition) is 5. The van der Waals surface area contributed by atoms with E-state index in [2.05, 4.69) is 84.0 Å². The van der Waals surface area contributed by atoms with Gasteiger partial charge in [-0.1, -0.05) is 30.3 Å². The molecule has 0 atom stereocenters. The number of anilines is 1. The normalized spacial score (nSPS) is 18.2. The summed E-state index contributed by atoms with van der Waals surface area (Å²) in [4.78, 5) is 14.2. The summed E-state index contributed by atoms with van der Waals surface area (Å²) in [6, 6.07) is 10.6. The van der Waals surface area contributed by atoms with Crippen LogP contribution >= 0.6 is 0 Å². The molecule has 1 spiro atoms. The Morgan fingerprint density at radius 3 is 2.61 bits per heavy atom. The van der Waals surface area contributed by atoms with Gasteiger partial charge < -0.3 is 24.3 Å². The molecule has 176 valence electrons. The Balaban J connectivity index is 1.14. The van der Waals surface area contributed by atoms with E-state index in [0.717, 1.165) is 37.8 Å². The molecule has 0 amide bonds. The van der Waals surface area contributed by atoms with Crippen molar-refractivity contribution < 1.29 is 0 Å². The quantitative estimate of drug-likeness (QED) is 0.546. The van der Waals surface area contributed by atoms with Crippen LogP contribution in [0.3, 0.4) is 0 Å². The molecule has 2 aliphatic rings. The van der Waals surface area contributed by atoms with Crippen molar-refractivity contribution in [2.45, 2.75) is 45.3 Å². The molecule has 1 aromatic carbocycles. The summed E-state index contributed by atoms with van der Waals surface area (Å²) in [7, 11) is 2.11. The lowest BCUT2D eigenvalue weighted by molar-refractivity contribution is 0.195. The molecule has 2 fully saturated rings. The summed E-state index contributed by atoms with van der Waals surface area (Å²) >= 11 is 0. The molecule has 2 aliphatic heterocycles. The molecule has 4 heterocycles. The lowest BCUT2D eigenvalue weighted by atomic mass is 9.78. The minimum absolute atomic E-state index is 0.591. The fourth-order valence-corrected chi connectivity index (χ4v) is 5.56. The number of rotatable bonds is 9. The molecule has 33 heavy (non-hydrogen) atoms. The Bertz CT molecular complexity index is 1000. The van der Waals surface area contributed by atoms with E-state index in [0.29, 0.717) is 5.41 Å². The van der Waals surface area contributed by atoms with E-state index in [-0.39, 0.29) is 0 Å². The van der Waals surface area contributed by atoms with Gasteiger partial charge in [0.2, 0.25) is 5.95 Å². The molecule has 2 aromatic heterocycles. The zero-order valence-electron chi connectivity index (χ0n) is 19.9. The summed E-state index contributed by atoms with van der Waals surface area (Å²) in [5, 5.41) is 3.52. The number of hydrogen-bond donors (Lipinski definition) is 1. The van der Waals surface area contributed by atoms with Crippen molar-refractivity contribution in [2.24, 2.45) is 5.41 Å². The number of piperidine rings is 1. The summed E-state index contributed by atoms with van der Waals surface area (Å²) in [6.07, 6.45) is 13.2. The van der Waals surface area contributed by atoms with Gasteiger partial charge in [-0.25, -0.2) is 9.97 Å². The number of aromatic nitrogens is 4. The first-order valence-corrected chi connectivity index (χ1v) is 12.4. The van der Waals surface area contributed by atoms with Gasteiger partial charge in [-0.05, 0) is 62.8 Å². The van der Waals surface area contributed by atoms with E-state index in [4.69, 9.17) is 0 Å². The molecule has 2 saturated heterocycles. The third-order valence-electron chi connectivity index (χ3n) is 7.47. The molecule has 7 heteroatoms. The lowest BCUT2D eigenvalue weighted by Gasteiger charge is -2.34. The number of imidazole rings is 2. The molecular weight excluding hydrogens is 410 g/mol. The van der Waals surface area contributed by atoms with Crippen LogP contribution < -0.4 is 10.2 Å².